The average molecular weight is 568 g/mol. The first-order valence-electron chi connectivity index (χ1n) is 13.4. The third kappa shape index (κ3) is 9.88. The molecule has 0 aromatic heterocycles. The van der Waals surface area contributed by atoms with Crippen LogP contribution in [0.1, 0.15) is 37.0 Å². The zero-order valence-corrected chi connectivity index (χ0v) is 24.1. The molecule has 1 atom stereocenters. The number of hydrogen-bond acceptors (Lipinski definition) is 4. The van der Waals surface area contributed by atoms with E-state index in [9.17, 15) is 22.4 Å². The lowest BCUT2D eigenvalue weighted by atomic mass is 10.0. The largest absolute Gasteiger partial charge is 0.354 e. The predicted molar refractivity (Wildman–Crippen MR) is 155 cm³/mol. The molecule has 0 radical (unpaired) electrons. The number of carbonyl (C=O) groups excluding carboxylic acids is 2. The summed E-state index contributed by atoms with van der Waals surface area (Å²) in [6.07, 6.45) is 2.07. The van der Waals surface area contributed by atoms with Gasteiger partial charge in [-0.3, -0.25) is 9.59 Å². The normalized spacial score (nSPS) is 12.3. The molecule has 0 aliphatic carbocycles. The SMILES string of the molecule is CC(C)CCNC(=O)[C@@H](Cc1ccccc1)N(Cc1ccc(F)cc1)C(=O)CN(Cc1ccccc1)S(C)(=O)=O. The van der Waals surface area contributed by atoms with Gasteiger partial charge in [0.2, 0.25) is 21.8 Å². The number of nitrogens with zero attached hydrogens (tertiary/aromatic N) is 2. The number of sulfonamides is 1. The van der Waals surface area contributed by atoms with Gasteiger partial charge in [-0.2, -0.15) is 4.31 Å². The zero-order chi connectivity index (χ0) is 29.1. The van der Waals surface area contributed by atoms with Crippen LogP contribution in [0.5, 0.6) is 0 Å². The molecule has 40 heavy (non-hydrogen) atoms. The highest BCUT2D eigenvalue weighted by Gasteiger charge is 2.32. The molecular weight excluding hydrogens is 529 g/mol. The van der Waals surface area contributed by atoms with Crippen molar-refractivity contribution in [2.45, 2.75) is 45.8 Å². The molecule has 3 rings (SSSR count). The number of rotatable bonds is 14. The van der Waals surface area contributed by atoms with Crippen LogP contribution in [0, 0.1) is 11.7 Å². The minimum atomic E-state index is -3.76. The number of hydrogen-bond donors (Lipinski definition) is 1. The second-order valence-electron chi connectivity index (χ2n) is 10.3. The molecule has 0 fully saturated rings. The standard InChI is InChI=1S/C31H38FN3O4S/c1-24(2)18-19-33-31(37)29(20-25-10-6-4-7-11-25)35(22-27-14-16-28(32)17-15-27)30(36)23-34(40(3,38)39)21-26-12-8-5-9-13-26/h4-17,24,29H,18-23H2,1-3H3,(H,33,37)/t29-/m1/s1. The first-order valence-corrected chi connectivity index (χ1v) is 15.2. The molecule has 3 aromatic rings. The zero-order valence-electron chi connectivity index (χ0n) is 23.3. The maximum Gasteiger partial charge on any atom is 0.243 e. The molecule has 3 aromatic carbocycles. The number of amides is 2. The summed E-state index contributed by atoms with van der Waals surface area (Å²) < 4.78 is 40.2. The summed E-state index contributed by atoms with van der Waals surface area (Å²) in [5, 5.41) is 2.96. The van der Waals surface area contributed by atoms with Gasteiger partial charge in [0, 0.05) is 26.1 Å². The van der Waals surface area contributed by atoms with Crippen molar-refractivity contribution in [2.24, 2.45) is 5.92 Å². The van der Waals surface area contributed by atoms with E-state index in [-0.39, 0.29) is 25.4 Å². The Morgan fingerprint density at radius 3 is 1.93 bits per heavy atom. The van der Waals surface area contributed by atoms with Gasteiger partial charge in [0.15, 0.2) is 0 Å². The fourth-order valence-electron chi connectivity index (χ4n) is 4.26. The summed E-state index contributed by atoms with van der Waals surface area (Å²) in [4.78, 5) is 29.0. The fourth-order valence-corrected chi connectivity index (χ4v) is 4.99. The highest BCUT2D eigenvalue weighted by atomic mass is 32.2. The van der Waals surface area contributed by atoms with Crippen LogP contribution in [0.4, 0.5) is 4.39 Å². The van der Waals surface area contributed by atoms with Gasteiger partial charge < -0.3 is 10.2 Å². The van der Waals surface area contributed by atoms with Crippen LogP contribution in [0.25, 0.3) is 0 Å². The van der Waals surface area contributed by atoms with Crippen LogP contribution in [-0.2, 0) is 39.1 Å². The maximum atomic E-state index is 13.9. The van der Waals surface area contributed by atoms with Crippen LogP contribution in [0.3, 0.4) is 0 Å². The highest BCUT2D eigenvalue weighted by Crippen LogP contribution is 2.17. The summed E-state index contributed by atoms with van der Waals surface area (Å²) >= 11 is 0. The van der Waals surface area contributed by atoms with E-state index < -0.39 is 34.3 Å². The quantitative estimate of drug-likeness (QED) is 0.313. The fraction of sp³-hybridized carbons (Fsp3) is 0.355. The van der Waals surface area contributed by atoms with Crippen molar-refractivity contribution >= 4 is 21.8 Å². The van der Waals surface area contributed by atoms with E-state index in [4.69, 9.17) is 0 Å². The monoisotopic (exact) mass is 567 g/mol. The second kappa shape index (κ2) is 14.7. The van der Waals surface area contributed by atoms with Gasteiger partial charge in [-0.25, -0.2) is 12.8 Å². The van der Waals surface area contributed by atoms with Gasteiger partial charge in [-0.1, -0.05) is 86.6 Å². The van der Waals surface area contributed by atoms with Crippen molar-refractivity contribution in [3.8, 4) is 0 Å². The molecule has 0 bridgehead atoms. The van der Waals surface area contributed by atoms with E-state index in [1.165, 1.54) is 17.0 Å². The molecule has 7 nitrogen and oxygen atoms in total. The Labute approximate surface area is 237 Å². The van der Waals surface area contributed by atoms with Gasteiger partial charge in [0.1, 0.15) is 11.9 Å². The minimum absolute atomic E-state index is 0.0111. The van der Waals surface area contributed by atoms with Crippen LogP contribution >= 0.6 is 0 Å². The first-order chi connectivity index (χ1) is 19.0. The third-order valence-corrected chi connectivity index (χ3v) is 7.74. The number of nitrogens with one attached hydrogen (secondary N) is 1. The molecular formula is C31H38FN3O4S. The van der Waals surface area contributed by atoms with E-state index >= 15 is 0 Å². The summed E-state index contributed by atoms with van der Waals surface area (Å²) in [7, 11) is -3.76. The van der Waals surface area contributed by atoms with Gasteiger partial charge in [0.25, 0.3) is 0 Å². The Morgan fingerprint density at radius 1 is 0.825 bits per heavy atom. The molecule has 0 aliphatic rings. The second-order valence-corrected chi connectivity index (χ2v) is 12.3. The van der Waals surface area contributed by atoms with Crippen molar-refractivity contribution < 1.29 is 22.4 Å². The molecule has 0 unspecified atom stereocenters. The van der Waals surface area contributed by atoms with E-state index in [1.807, 2.05) is 36.4 Å². The lowest BCUT2D eigenvalue weighted by Gasteiger charge is -2.33. The topological polar surface area (TPSA) is 86.8 Å². The third-order valence-electron chi connectivity index (χ3n) is 6.54. The van der Waals surface area contributed by atoms with Crippen LogP contribution in [0.2, 0.25) is 0 Å². The minimum Gasteiger partial charge on any atom is -0.354 e. The Kier molecular flexibility index (Phi) is 11.4. The average Bonchev–Trinajstić information content (AvgIpc) is 2.91. The number of carbonyl (C=O) groups is 2. The van der Waals surface area contributed by atoms with E-state index in [1.54, 1.807) is 36.4 Å². The Balaban J connectivity index is 1.97. The van der Waals surface area contributed by atoms with Crippen molar-refractivity contribution in [3.63, 3.8) is 0 Å². The molecule has 1 N–H and O–H groups in total. The summed E-state index contributed by atoms with van der Waals surface area (Å²) in [5.74, 6) is -0.884. The lowest BCUT2D eigenvalue weighted by Crippen LogP contribution is -2.53. The van der Waals surface area contributed by atoms with Crippen molar-refractivity contribution in [1.29, 1.82) is 0 Å². The van der Waals surface area contributed by atoms with Crippen molar-refractivity contribution in [1.82, 2.24) is 14.5 Å². The smallest absolute Gasteiger partial charge is 0.243 e. The van der Waals surface area contributed by atoms with Gasteiger partial charge in [-0.05, 0) is 41.2 Å². The molecule has 0 spiro atoms. The van der Waals surface area contributed by atoms with Gasteiger partial charge in [-0.15, -0.1) is 0 Å². The summed E-state index contributed by atoms with van der Waals surface area (Å²) in [6.45, 7) is 4.15. The van der Waals surface area contributed by atoms with Gasteiger partial charge in [0.05, 0.1) is 12.8 Å². The van der Waals surface area contributed by atoms with Crippen LogP contribution in [-0.4, -0.2) is 54.8 Å². The van der Waals surface area contributed by atoms with Crippen LogP contribution < -0.4 is 5.32 Å². The maximum absolute atomic E-state index is 13.9. The Morgan fingerprint density at radius 2 is 1.38 bits per heavy atom. The molecule has 0 aliphatic heterocycles. The number of benzene rings is 3. The van der Waals surface area contributed by atoms with Crippen LogP contribution in [0.15, 0.2) is 84.9 Å². The van der Waals surface area contributed by atoms with Crippen molar-refractivity contribution in [2.75, 3.05) is 19.3 Å². The van der Waals surface area contributed by atoms with E-state index in [0.29, 0.717) is 18.0 Å². The Hall–Kier alpha value is -3.56. The lowest BCUT2D eigenvalue weighted by molar-refractivity contribution is -0.141. The predicted octanol–water partition coefficient (Wildman–Crippen LogP) is 4.39. The van der Waals surface area contributed by atoms with Gasteiger partial charge >= 0.3 is 0 Å². The van der Waals surface area contributed by atoms with E-state index in [0.717, 1.165) is 28.1 Å². The van der Waals surface area contributed by atoms with Crippen molar-refractivity contribution in [3.05, 3.63) is 107 Å². The molecule has 0 saturated carbocycles. The summed E-state index contributed by atoms with van der Waals surface area (Å²) in [6, 6.07) is 23.2. The Bertz CT molecular complexity index is 1330. The molecule has 214 valence electrons. The molecule has 2 amide bonds. The number of halogens is 1. The molecule has 9 heteroatoms. The first kappa shape index (κ1) is 31.0. The molecule has 0 saturated heterocycles. The molecule has 0 heterocycles. The van der Waals surface area contributed by atoms with E-state index in [2.05, 4.69) is 19.2 Å². The highest BCUT2D eigenvalue weighted by molar-refractivity contribution is 7.88. The summed E-state index contributed by atoms with van der Waals surface area (Å²) in [5.41, 5.74) is 2.21.